The Balaban J connectivity index is 0.00000288. The molecule has 1 unspecified atom stereocenters. The summed E-state index contributed by atoms with van der Waals surface area (Å²) in [5, 5.41) is 5.71. The van der Waals surface area contributed by atoms with Crippen molar-refractivity contribution in [1.82, 2.24) is 5.32 Å². The maximum atomic E-state index is 12.1. The van der Waals surface area contributed by atoms with Gasteiger partial charge in [-0.25, -0.2) is 0 Å². The first kappa shape index (κ1) is 20.1. The maximum Gasteiger partial charge on any atom is 0.226 e. The molecular formula is C17H26ClN3O3. The summed E-state index contributed by atoms with van der Waals surface area (Å²) in [6, 6.07) is 4.89. The summed E-state index contributed by atoms with van der Waals surface area (Å²) < 4.78 is 5.08. The highest BCUT2D eigenvalue weighted by atomic mass is 35.5. The lowest BCUT2D eigenvalue weighted by molar-refractivity contribution is -0.125. The minimum atomic E-state index is -0.196. The van der Waals surface area contributed by atoms with Crippen LogP contribution in [0.15, 0.2) is 18.2 Å². The van der Waals surface area contributed by atoms with E-state index in [9.17, 15) is 9.59 Å². The number of nitrogens with two attached hydrogens (primary N) is 1. The summed E-state index contributed by atoms with van der Waals surface area (Å²) in [6.45, 7) is 1.84. The molecule has 0 spiro atoms. The van der Waals surface area contributed by atoms with Gasteiger partial charge in [-0.15, -0.1) is 12.4 Å². The molecule has 1 saturated carbocycles. The van der Waals surface area contributed by atoms with E-state index >= 15 is 0 Å². The van der Waals surface area contributed by atoms with E-state index < -0.39 is 0 Å². The van der Waals surface area contributed by atoms with E-state index in [1.165, 1.54) is 0 Å². The fourth-order valence-corrected chi connectivity index (χ4v) is 2.90. The maximum absolute atomic E-state index is 12.1. The van der Waals surface area contributed by atoms with E-state index in [2.05, 4.69) is 10.6 Å². The zero-order valence-corrected chi connectivity index (χ0v) is 14.9. The molecule has 2 rings (SSSR count). The van der Waals surface area contributed by atoms with Crippen LogP contribution in [-0.2, 0) is 9.59 Å². The molecule has 1 fully saturated rings. The van der Waals surface area contributed by atoms with Crippen molar-refractivity contribution in [3.8, 4) is 5.75 Å². The molecule has 134 valence electrons. The first-order valence-electron chi connectivity index (χ1n) is 8.03. The SMILES string of the molecule is COc1ccc(NC(=O)CC(C)NC(=O)C2CCCC2)cc1N.Cl. The van der Waals surface area contributed by atoms with Crippen LogP contribution < -0.4 is 21.1 Å². The molecule has 2 amide bonds. The van der Waals surface area contributed by atoms with Crippen molar-refractivity contribution in [3.05, 3.63) is 18.2 Å². The van der Waals surface area contributed by atoms with E-state index in [1.54, 1.807) is 25.3 Å². The van der Waals surface area contributed by atoms with Crippen molar-refractivity contribution in [2.45, 2.75) is 45.1 Å². The minimum absolute atomic E-state index is 0. The zero-order valence-electron chi connectivity index (χ0n) is 14.1. The lowest BCUT2D eigenvalue weighted by Crippen LogP contribution is -2.38. The number of anilines is 2. The van der Waals surface area contributed by atoms with E-state index in [-0.39, 0.29) is 42.6 Å². The summed E-state index contributed by atoms with van der Waals surface area (Å²) in [7, 11) is 1.54. The van der Waals surface area contributed by atoms with Gasteiger partial charge < -0.3 is 21.1 Å². The average molecular weight is 356 g/mol. The topological polar surface area (TPSA) is 93.5 Å². The molecule has 0 aromatic heterocycles. The van der Waals surface area contributed by atoms with Crippen LogP contribution in [-0.4, -0.2) is 25.0 Å². The van der Waals surface area contributed by atoms with Gasteiger partial charge in [0.1, 0.15) is 5.75 Å². The average Bonchev–Trinajstić information content (AvgIpc) is 3.01. The van der Waals surface area contributed by atoms with Crippen molar-refractivity contribution in [2.75, 3.05) is 18.2 Å². The second kappa shape index (κ2) is 9.37. The fraction of sp³-hybridized carbons (Fsp3) is 0.529. The second-order valence-electron chi connectivity index (χ2n) is 6.10. The van der Waals surface area contributed by atoms with E-state index in [0.717, 1.165) is 25.7 Å². The molecule has 0 heterocycles. The monoisotopic (exact) mass is 355 g/mol. The predicted molar refractivity (Wildman–Crippen MR) is 97.5 cm³/mol. The lowest BCUT2D eigenvalue weighted by atomic mass is 10.1. The molecule has 6 nitrogen and oxygen atoms in total. The molecule has 1 aromatic carbocycles. The molecule has 0 bridgehead atoms. The van der Waals surface area contributed by atoms with Gasteiger partial charge in [0.15, 0.2) is 0 Å². The van der Waals surface area contributed by atoms with Crippen LogP contribution >= 0.6 is 12.4 Å². The number of methoxy groups -OCH3 is 1. The zero-order chi connectivity index (χ0) is 16.8. The van der Waals surface area contributed by atoms with E-state index in [4.69, 9.17) is 10.5 Å². The normalized spacial score (nSPS) is 15.2. The van der Waals surface area contributed by atoms with E-state index in [1.807, 2.05) is 6.92 Å². The largest absolute Gasteiger partial charge is 0.495 e. The number of carbonyl (C=O) groups excluding carboxylic acids is 2. The van der Waals surface area contributed by atoms with Crippen LogP contribution in [0.4, 0.5) is 11.4 Å². The number of rotatable bonds is 6. The summed E-state index contributed by atoms with van der Waals surface area (Å²) in [5.74, 6) is 0.590. The van der Waals surface area contributed by atoms with Gasteiger partial charge in [0.05, 0.1) is 12.8 Å². The summed E-state index contributed by atoms with van der Waals surface area (Å²) in [6.07, 6.45) is 4.37. The molecule has 24 heavy (non-hydrogen) atoms. The fourth-order valence-electron chi connectivity index (χ4n) is 2.90. The Kier molecular flexibility index (Phi) is 7.85. The van der Waals surface area contributed by atoms with E-state index in [0.29, 0.717) is 17.1 Å². The van der Waals surface area contributed by atoms with Crippen LogP contribution in [0.2, 0.25) is 0 Å². The number of ether oxygens (including phenoxy) is 1. The number of nitrogens with one attached hydrogen (secondary N) is 2. The van der Waals surface area contributed by atoms with Gasteiger partial charge in [-0.3, -0.25) is 9.59 Å². The van der Waals surface area contributed by atoms with Gasteiger partial charge in [-0.2, -0.15) is 0 Å². The van der Waals surface area contributed by atoms with Crippen LogP contribution in [0, 0.1) is 5.92 Å². The number of halogens is 1. The number of hydrogen-bond donors (Lipinski definition) is 3. The molecule has 1 aliphatic rings. The van der Waals surface area contributed by atoms with Crippen LogP contribution in [0.3, 0.4) is 0 Å². The van der Waals surface area contributed by atoms with Gasteiger partial charge >= 0.3 is 0 Å². The molecule has 0 aliphatic heterocycles. The van der Waals surface area contributed by atoms with Gasteiger partial charge in [-0.1, -0.05) is 12.8 Å². The standard InChI is InChI=1S/C17H25N3O3.ClH/c1-11(19-17(22)12-5-3-4-6-12)9-16(21)20-13-7-8-15(23-2)14(18)10-13;/h7-8,10-12H,3-6,9,18H2,1-2H3,(H,19,22)(H,20,21);1H. The minimum Gasteiger partial charge on any atom is -0.495 e. The number of benzene rings is 1. The Bertz CT molecular complexity index is 574. The Labute approximate surface area is 148 Å². The Hall–Kier alpha value is -1.95. The highest BCUT2D eigenvalue weighted by Crippen LogP contribution is 2.25. The van der Waals surface area contributed by atoms with Crippen molar-refractivity contribution < 1.29 is 14.3 Å². The highest BCUT2D eigenvalue weighted by molar-refractivity contribution is 5.92. The smallest absolute Gasteiger partial charge is 0.226 e. The highest BCUT2D eigenvalue weighted by Gasteiger charge is 2.24. The molecule has 0 radical (unpaired) electrons. The van der Waals surface area contributed by atoms with Crippen LogP contribution in [0.25, 0.3) is 0 Å². The Morgan fingerprint density at radius 1 is 1.33 bits per heavy atom. The van der Waals surface area contributed by atoms with Crippen LogP contribution in [0.1, 0.15) is 39.0 Å². The van der Waals surface area contributed by atoms with Crippen LogP contribution in [0.5, 0.6) is 5.75 Å². The Morgan fingerprint density at radius 3 is 2.58 bits per heavy atom. The van der Waals surface area contributed by atoms with Gasteiger partial charge in [0, 0.05) is 24.1 Å². The summed E-state index contributed by atoms with van der Waals surface area (Å²) in [5.41, 5.74) is 6.89. The third-order valence-corrected chi connectivity index (χ3v) is 4.12. The van der Waals surface area contributed by atoms with Crippen molar-refractivity contribution in [3.63, 3.8) is 0 Å². The second-order valence-corrected chi connectivity index (χ2v) is 6.10. The molecule has 0 saturated heterocycles. The summed E-state index contributed by atoms with van der Waals surface area (Å²) >= 11 is 0. The first-order valence-corrected chi connectivity index (χ1v) is 8.03. The first-order chi connectivity index (χ1) is 11.0. The third-order valence-electron chi connectivity index (χ3n) is 4.12. The Morgan fingerprint density at radius 2 is 2.00 bits per heavy atom. The van der Waals surface area contributed by atoms with Crippen molar-refractivity contribution in [2.24, 2.45) is 5.92 Å². The van der Waals surface area contributed by atoms with Crippen molar-refractivity contribution in [1.29, 1.82) is 0 Å². The van der Waals surface area contributed by atoms with Crippen molar-refractivity contribution >= 4 is 35.6 Å². The molecular weight excluding hydrogens is 330 g/mol. The molecule has 4 N–H and O–H groups in total. The molecule has 1 aliphatic carbocycles. The predicted octanol–water partition coefficient (Wildman–Crippen LogP) is 2.72. The molecule has 7 heteroatoms. The van der Waals surface area contributed by atoms with Gasteiger partial charge in [0.25, 0.3) is 0 Å². The number of carbonyl (C=O) groups is 2. The summed E-state index contributed by atoms with van der Waals surface area (Å²) in [4.78, 5) is 24.1. The quantitative estimate of drug-likeness (QED) is 0.684. The number of hydrogen-bond acceptors (Lipinski definition) is 4. The number of amides is 2. The molecule has 1 aromatic rings. The number of nitrogen functional groups attached to an aromatic ring is 1. The third kappa shape index (κ3) is 5.60. The van der Waals surface area contributed by atoms with Gasteiger partial charge in [-0.05, 0) is 38.0 Å². The van der Waals surface area contributed by atoms with Gasteiger partial charge in [0.2, 0.25) is 11.8 Å². The molecule has 1 atom stereocenters. The lowest BCUT2D eigenvalue weighted by Gasteiger charge is -2.17.